The van der Waals surface area contributed by atoms with Gasteiger partial charge in [-0.1, -0.05) is 30.5 Å². The second-order valence-electron chi connectivity index (χ2n) is 4.93. The molecule has 1 saturated carbocycles. The summed E-state index contributed by atoms with van der Waals surface area (Å²) in [7, 11) is 0. The number of hydrogen-bond acceptors (Lipinski definition) is 1. The second kappa shape index (κ2) is 5.70. The van der Waals surface area contributed by atoms with Crippen molar-refractivity contribution < 1.29 is 14.3 Å². The summed E-state index contributed by atoms with van der Waals surface area (Å²) in [5.74, 6) is -1.35. The molecule has 0 radical (unpaired) electrons. The molecular formula is C14H16ClFO2. The monoisotopic (exact) mass is 270 g/mol. The van der Waals surface area contributed by atoms with Gasteiger partial charge in [0.15, 0.2) is 0 Å². The van der Waals surface area contributed by atoms with Crippen LogP contribution in [0.1, 0.15) is 31.2 Å². The van der Waals surface area contributed by atoms with Gasteiger partial charge in [0, 0.05) is 5.02 Å². The van der Waals surface area contributed by atoms with Gasteiger partial charge >= 0.3 is 5.97 Å². The van der Waals surface area contributed by atoms with E-state index >= 15 is 0 Å². The molecule has 0 spiro atoms. The van der Waals surface area contributed by atoms with Gasteiger partial charge in [-0.3, -0.25) is 4.79 Å². The highest BCUT2D eigenvalue weighted by atomic mass is 35.5. The maximum atomic E-state index is 12.9. The van der Waals surface area contributed by atoms with Crippen LogP contribution >= 0.6 is 11.6 Å². The Hall–Kier alpha value is -1.09. The Morgan fingerprint density at radius 3 is 2.67 bits per heavy atom. The van der Waals surface area contributed by atoms with Gasteiger partial charge < -0.3 is 5.11 Å². The van der Waals surface area contributed by atoms with Gasteiger partial charge in [0.05, 0.1) is 5.92 Å². The quantitative estimate of drug-likeness (QED) is 0.901. The molecule has 18 heavy (non-hydrogen) atoms. The lowest BCUT2D eigenvalue weighted by Gasteiger charge is -2.19. The number of hydrogen-bond donors (Lipinski definition) is 1. The van der Waals surface area contributed by atoms with Gasteiger partial charge in [-0.25, -0.2) is 4.39 Å². The fourth-order valence-corrected chi connectivity index (χ4v) is 2.98. The van der Waals surface area contributed by atoms with Gasteiger partial charge in [0.2, 0.25) is 0 Å². The molecule has 1 N–H and O–H groups in total. The molecule has 0 heterocycles. The number of carboxylic acids is 1. The lowest BCUT2D eigenvalue weighted by molar-refractivity contribution is -0.143. The van der Waals surface area contributed by atoms with Crippen molar-refractivity contribution in [1.82, 2.24) is 0 Å². The highest BCUT2D eigenvalue weighted by molar-refractivity contribution is 6.31. The molecule has 0 amide bonds. The predicted molar refractivity (Wildman–Crippen MR) is 68.2 cm³/mol. The summed E-state index contributed by atoms with van der Waals surface area (Å²) in [5, 5.41) is 9.64. The van der Waals surface area contributed by atoms with Crippen LogP contribution in [-0.4, -0.2) is 11.1 Å². The van der Waals surface area contributed by atoms with E-state index in [-0.39, 0.29) is 5.92 Å². The first-order valence-corrected chi connectivity index (χ1v) is 6.62. The highest BCUT2D eigenvalue weighted by Crippen LogP contribution is 2.34. The molecule has 2 nitrogen and oxygen atoms in total. The number of carboxylic acid groups (broad SMARTS) is 1. The Kier molecular flexibility index (Phi) is 4.23. The summed E-state index contributed by atoms with van der Waals surface area (Å²) in [6.07, 6.45) is 4.53. The van der Waals surface area contributed by atoms with Crippen molar-refractivity contribution in [3.8, 4) is 0 Å². The molecule has 0 saturated heterocycles. The second-order valence-corrected chi connectivity index (χ2v) is 5.34. The van der Waals surface area contributed by atoms with Crippen molar-refractivity contribution in [2.75, 3.05) is 0 Å². The van der Waals surface area contributed by atoms with Crippen LogP contribution in [0.4, 0.5) is 4.39 Å². The molecule has 0 bridgehead atoms. The van der Waals surface area contributed by atoms with Crippen molar-refractivity contribution in [2.45, 2.75) is 32.1 Å². The zero-order valence-corrected chi connectivity index (χ0v) is 10.8. The standard InChI is InChI=1S/C14H16ClFO2/c15-13-8-11(16)6-5-10(13)7-12(14(17)18)9-3-1-2-4-9/h5-6,8-9,12H,1-4,7H2,(H,17,18). The molecule has 1 aliphatic carbocycles. The third-order valence-corrected chi connectivity index (χ3v) is 4.09. The van der Waals surface area contributed by atoms with Gasteiger partial charge in [0.25, 0.3) is 0 Å². The summed E-state index contributed by atoms with van der Waals surface area (Å²) in [5.41, 5.74) is 0.720. The predicted octanol–water partition coefficient (Wildman–Crippen LogP) is 3.91. The van der Waals surface area contributed by atoms with E-state index in [4.69, 9.17) is 11.6 Å². The Balaban J connectivity index is 2.15. The highest BCUT2D eigenvalue weighted by Gasteiger charge is 2.30. The molecule has 1 aliphatic rings. The van der Waals surface area contributed by atoms with Crippen LogP contribution in [-0.2, 0) is 11.2 Å². The average Bonchev–Trinajstić information content (AvgIpc) is 2.80. The first kappa shape index (κ1) is 13.3. The Bertz CT molecular complexity index is 441. The number of benzene rings is 1. The van der Waals surface area contributed by atoms with Crippen LogP contribution < -0.4 is 0 Å². The van der Waals surface area contributed by atoms with Crippen molar-refractivity contribution in [3.63, 3.8) is 0 Å². The molecule has 2 rings (SSSR count). The fourth-order valence-electron chi connectivity index (χ4n) is 2.74. The lowest BCUT2D eigenvalue weighted by atomic mass is 9.85. The first-order chi connectivity index (χ1) is 8.58. The van der Waals surface area contributed by atoms with Crippen LogP contribution in [0.25, 0.3) is 0 Å². The average molecular weight is 271 g/mol. The Labute approximate surface area is 111 Å². The largest absolute Gasteiger partial charge is 0.481 e. The van der Waals surface area contributed by atoms with E-state index < -0.39 is 17.7 Å². The van der Waals surface area contributed by atoms with E-state index in [9.17, 15) is 14.3 Å². The minimum Gasteiger partial charge on any atom is -0.481 e. The van der Waals surface area contributed by atoms with Crippen LogP contribution in [0, 0.1) is 17.7 Å². The molecule has 1 atom stereocenters. The summed E-state index contributed by atoms with van der Waals surface area (Å²) in [6.45, 7) is 0. The Morgan fingerprint density at radius 1 is 1.44 bits per heavy atom. The van der Waals surface area contributed by atoms with Crippen LogP contribution in [0.15, 0.2) is 18.2 Å². The van der Waals surface area contributed by atoms with E-state index in [1.807, 2.05) is 0 Å². The summed E-state index contributed by atoms with van der Waals surface area (Å²) in [4.78, 5) is 11.4. The molecule has 1 aromatic carbocycles. The maximum absolute atomic E-state index is 12.9. The summed E-state index contributed by atoms with van der Waals surface area (Å²) >= 11 is 5.95. The molecule has 1 aromatic rings. The molecule has 0 aliphatic heterocycles. The number of aliphatic carboxylic acids is 1. The lowest BCUT2D eigenvalue weighted by Crippen LogP contribution is -2.24. The van der Waals surface area contributed by atoms with Gasteiger partial charge in [-0.05, 0) is 42.9 Å². The zero-order valence-electron chi connectivity index (χ0n) is 10.0. The van der Waals surface area contributed by atoms with Crippen molar-refractivity contribution >= 4 is 17.6 Å². The minimum absolute atomic E-state index is 0.226. The van der Waals surface area contributed by atoms with E-state index in [0.29, 0.717) is 11.4 Å². The smallest absolute Gasteiger partial charge is 0.307 e. The van der Waals surface area contributed by atoms with Crippen molar-refractivity contribution in [2.24, 2.45) is 11.8 Å². The van der Waals surface area contributed by atoms with Crippen molar-refractivity contribution in [3.05, 3.63) is 34.6 Å². The molecule has 98 valence electrons. The fraction of sp³-hybridized carbons (Fsp3) is 0.500. The van der Waals surface area contributed by atoms with Gasteiger partial charge in [-0.15, -0.1) is 0 Å². The molecule has 1 unspecified atom stereocenters. The van der Waals surface area contributed by atoms with E-state index in [0.717, 1.165) is 31.2 Å². The summed E-state index contributed by atoms with van der Waals surface area (Å²) < 4.78 is 12.9. The number of halogens is 2. The summed E-state index contributed by atoms with van der Waals surface area (Å²) in [6, 6.07) is 4.15. The normalized spacial score (nSPS) is 17.9. The molecule has 1 fully saturated rings. The van der Waals surface area contributed by atoms with E-state index in [2.05, 4.69) is 0 Å². The first-order valence-electron chi connectivity index (χ1n) is 6.24. The molecule has 0 aromatic heterocycles. The van der Waals surface area contributed by atoms with Crippen LogP contribution in [0.5, 0.6) is 0 Å². The Morgan fingerprint density at radius 2 is 2.11 bits per heavy atom. The van der Waals surface area contributed by atoms with Crippen molar-refractivity contribution in [1.29, 1.82) is 0 Å². The third kappa shape index (κ3) is 3.02. The third-order valence-electron chi connectivity index (χ3n) is 3.74. The zero-order chi connectivity index (χ0) is 13.1. The topological polar surface area (TPSA) is 37.3 Å². The van der Waals surface area contributed by atoms with Crippen LogP contribution in [0.2, 0.25) is 5.02 Å². The van der Waals surface area contributed by atoms with Gasteiger partial charge in [0.1, 0.15) is 5.82 Å². The van der Waals surface area contributed by atoms with Crippen LogP contribution in [0.3, 0.4) is 0 Å². The number of carbonyl (C=O) groups is 1. The minimum atomic E-state index is -0.776. The van der Waals surface area contributed by atoms with E-state index in [1.165, 1.54) is 12.1 Å². The van der Waals surface area contributed by atoms with E-state index in [1.54, 1.807) is 6.07 Å². The molecular weight excluding hydrogens is 255 g/mol. The maximum Gasteiger partial charge on any atom is 0.307 e. The number of rotatable bonds is 4. The van der Waals surface area contributed by atoms with Gasteiger partial charge in [-0.2, -0.15) is 0 Å². The SMILES string of the molecule is O=C(O)C(Cc1ccc(F)cc1Cl)C1CCCC1. The molecule has 4 heteroatoms.